The van der Waals surface area contributed by atoms with Crippen LogP contribution in [-0.4, -0.2) is 9.13 Å². The second-order valence-corrected chi connectivity index (χ2v) is 28.8. The van der Waals surface area contributed by atoms with Crippen molar-refractivity contribution in [1.29, 1.82) is 0 Å². The number of rotatable bonds is 14. The van der Waals surface area contributed by atoms with Gasteiger partial charge >= 0.3 is 0 Å². The Morgan fingerprint density at radius 1 is 0.337 bits per heavy atom. The van der Waals surface area contributed by atoms with Crippen molar-refractivity contribution < 1.29 is 0 Å². The van der Waals surface area contributed by atoms with E-state index in [0.29, 0.717) is 0 Å². The third-order valence-corrected chi connectivity index (χ3v) is 22.2. The van der Waals surface area contributed by atoms with Crippen molar-refractivity contribution in [3.8, 4) is 11.4 Å². The van der Waals surface area contributed by atoms with Gasteiger partial charge in [0.05, 0.1) is 44.8 Å². The summed E-state index contributed by atoms with van der Waals surface area (Å²) in [5.41, 5.74) is 26.2. The number of fused-ring (bicyclic) bond motifs is 8. The molecule has 2 heterocycles. The van der Waals surface area contributed by atoms with Gasteiger partial charge in [0.1, 0.15) is 0 Å². The van der Waals surface area contributed by atoms with E-state index in [1.165, 1.54) is 192 Å². The van der Waals surface area contributed by atoms with E-state index in [4.69, 9.17) is 0 Å². The summed E-state index contributed by atoms with van der Waals surface area (Å²) in [6.45, 7) is 23.9. The Morgan fingerprint density at radius 3 is 1.12 bits per heavy atom. The molecule has 0 saturated carbocycles. The monoisotopic (exact) mass is 1200 g/mol. The van der Waals surface area contributed by atoms with Gasteiger partial charge in [0.25, 0.3) is 0 Å². The zero-order chi connectivity index (χ0) is 62.9. The molecule has 4 nitrogen and oxygen atoms in total. The van der Waals surface area contributed by atoms with Crippen LogP contribution in [0, 0.1) is 0 Å². The van der Waals surface area contributed by atoms with Crippen LogP contribution in [0.15, 0.2) is 206 Å². The van der Waals surface area contributed by atoms with Crippen LogP contribution in [0.5, 0.6) is 0 Å². The standard InChI is InChI=1S/C88H86N4/c1-11-87(7,8)69-37-19-23-41-75(69)89-73-39-21-17-35-63(73)85-77(89)45-27-47-79(85)91(71-43-25-31-57-29-13-15-33-59(57)71)81-53-67(55(3)4)61-50-52-66-82(54-68(56(5)6)62-49-51-65(81)83(61)84(62)66)92(72-44-26-32-58-30-14-16-34-60(58)72)80-48-28-46-78-86(80)64-36-18-22-40-74(64)90(78)76-42-24-20-38-70(76)88(9,10)12-2/h17-28,31-32,35-56H,11-16,29-30,33-34H2,1-10H3. The molecular formula is C88H86N4. The summed E-state index contributed by atoms with van der Waals surface area (Å²) in [5.74, 6) is 0.473. The van der Waals surface area contributed by atoms with E-state index in [1.54, 1.807) is 0 Å². The highest BCUT2D eigenvalue weighted by Gasteiger charge is 2.33. The number of hydrogen-bond acceptors (Lipinski definition) is 2. The fourth-order valence-corrected chi connectivity index (χ4v) is 16.8. The Balaban J connectivity index is 1.03. The Kier molecular flexibility index (Phi) is 14.1. The predicted molar refractivity (Wildman–Crippen MR) is 396 cm³/mol. The van der Waals surface area contributed by atoms with E-state index in [9.17, 15) is 0 Å². The number of para-hydroxylation sites is 4. The fraction of sp³-hybridized carbons (Fsp3) is 0.273. The SMILES string of the molecule is CCC(C)(C)c1ccccc1-n1c2ccccc2c2c(N(c3cccc4c3CCCC4)c3cc(C(C)C)c4ccc5c(N(c6cccc7c6CCCC7)c6cccc7c6c6ccccc6n7-c6ccccc6C(C)(C)CC)cc(C(C)C)c6ccc3c4c65)cccc21. The van der Waals surface area contributed by atoms with Gasteiger partial charge in [-0.25, -0.2) is 0 Å². The van der Waals surface area contributed by atoms with Gasteiger partial charge in [0.2, 0.25) is 0 Å². The molecule has 0 aliphatic heterocycles. The predicted octanol–water partition coefficient (Wildman–Crippen LogP) is 25.1. The third-order valence-electron chi connectivity index (χ3n) is 22.2. The lowest BCUT2D eigenvalue weighted by atomic mass is 9.81. The van der Waals surface area contributed by atoms with E-state index >= 15 is 0 Å². The van der Waals surface area contributed by atoms with Crippen molar-refractivity contribution in [3.63, 3.8) is 0 Å². The maximum Gasteiger partial charge on any atom is 0.0562 e. The highest BCUT2D eigenvalue weighted by atomic mass is 15.2. The van der Waals surface area contributed by atoms with Crippen molar-refractivity contribution in [2.45, 2.75) is 156 Å². The molecule has 2 aliphatic rings. The molecule has 0 bridgehead atoms. The van der Waals surface area contributed by atoms with Crippen molar-refractivity contribution in [3.05, 3.63) is 251 Å². The van der Waals surface area contributed by atoms with Gasteiger partial charge in [-0.1, -0.05) is 203 Å². The molecule has 0 fully saturated rings. The molecule has 0 amide bonds. The normalized spacial score (nSPS) is 13.9. The molecule has 12 aromatic carbocycles. The van der Waals surface area contributed by atoms with E-state index < -0.39 is 0 Å². The summed E-state index contributed by atoms with van der Waals surface area (Å²) < 4.78 is 5.16. The number of nitrogens with zero attached hydrogens (tertiary/aromatic N) is 4. The van der Waals surface area contributed by atoms with Crippen LogP contribution in [0.25, 0.3) is 87.3 Å². The van der Waals surface area contributed by atoms with Crippen LogP contribution in [-0.2, 0) is 36.5 Å². The van der Waals surface area contributed by atoms with Crippen LogP contribution in [0.4, 0.5) is 34.1 Å². The van der Waals surface area contributed by atoms with Crippen LogP contribution >= 0.6 is 0 Å². The number of benzene rings is 12. The summed E-state index contributed by atoms with van der Waals surface area (Å²) in [6.07, 6.45) is 11.2. The molecule has 0 atom stereocenters. The summed E-state index contributed by atoms with van der Waals surface area (Å²) in [6, 6.07) is 80.7. The highest BCUT2D eigenvalue weighted by molar-refractivity contribution is 6.31. The van der Waals surface area contributed by atoms with Crippen molar-refractivity contribution in [2.75, 3.05) is 9.80 Å². The van der Waals surface area contributed by atoms with Crippen LogP contribution < -0.4 is 9.80 Å². The molecule has 0 unspecified atom stereocenters. The number of aromatic nitrogens is 2. The van der Waals surface area contributed by atoms with Gasteiger partial charge in [0, 0.05) is 55.1 Å². The van der Waals surface area contributed by atoms with Gasteiger partial charge < -0.3 is 18.9 Å². The lowest BCUT2D eigenvalue weighted by Crippen LogP contribution is -2.18. The fourth-order valence-electron chi connectivity index (χ4n) is 16.8. The second kappa shape index (κ2) is 22.3. The molecule has 0 radical (unpaired) electrons. The highest BCUT2D eigenvalue weighted by Crippen LogP contribution is 2.56. The molecule has 458 valence electrons. The molecule has 2 aromatic heterocycles. The van der Waals surface area contributed by atoms with Crippen LogP contribution in [0.3, 0.4) is 0 Å². The zero-order valence-corrected chi connectivity index (χ0v) is 55.6. The van der Waals surface area contributed by atoms with Gasteiger partial charge in [0.15, 0.2) is 0 Å². The molecule has 2 aliphatic carbocycles. The number of aryl methyl sites for hydroxylation is 2. The summed E-state index contributed by atoms with van der Waals surface area (Å²) in [7, 11) is 0. The quantitative estimate of drug-likeness (QED) is 0.101. The first-order valence-corrected chi connectivity index (χ1v) is 34.6. The Labute approximate surface area is 544 Å². The summed E-state index contributed by atoms with van der Waals surface area (Å²) in [5, 5.41) is 13.0. The van der Waals surface area contributed by atoms with E-state index in [-0.39, 0.29) is 22.7 Å². The van der Waals surface area contributed by atoms with Crippen molar-refractivity contribution in [2.24, 2.45) is 0 Å². The molecule has 16 rings (SSSR count). The maximum atomic E-state index is 2.74. The summed E-state index contributed by atoms with van der Waals surface area (Å²) in [4.78, 5) is 5.48. The molecule has 0 N–H and O–H groups in total. The minimum atomic E-state index is -0.0327. The Morgan fingerprint density at radius 2 is 0.696 bits per heavy atom. The topological polar surface area (TPSA) is 16.3 Å². The number of hydrogen-bond donors (Lipinski definition) is 0. The van der Waals surface area contributed by atoms with Crippen LogP contribution in [0.1, 0.15) is 164 Å². The Bertz CT molecular complexity index is 4910. The smallest absolute Gasteiger partial charge is 0.0562 e. The first-order valence-electron chi connectivity index (χ1n) is 34.6. The average molecular weight is 1200 g/mol. The first-order chi connectivity index (χ1) is 44.8. The molecule has 4 heteroatoms. The summed E-state index contributed by atoms with van der Waals surface area (Å²) >= 11 is 0. The molecule has 92 heavy (non-hydrogen) atoms. The van der Waals surface area contributed by atoms with Crippen molar-refractivity contribution >= 4 is 110 Å². The van der Waals surface area contributed by atoms with Gasteiger partial charge in [-0.15, -0.1) is 0 Å². The second-order valence-electron chi connectivity index (χ2n) is 28.8. The third kappa shape index (κ3) is 8.89. The van der Waals surface area contributed by atoms with E-state index in [0.717, 1.165) is 38.5 Å². The largest absolute Gasteiger partial charge is 0.309 e. The lowest BCUT2D eigenvalue weighted by molar-refractivity contribution is 0.504. The minimum Gasteiger partial charge on any atom is -0.309 e. The molecular weight excluding hydrogens is 1110 g/mol. The van der Waals surface area contributed by atoms with E-state index in [1.807, 2.05) is 0 Å². The molecule has 0 saturated heterocycles. The van der Waals surface area contributed by atoms with Gasteiger partial charge in [-0.2, -0.15) is 0 Å². The number of anilines is 6. The van der Waals surface area contributed by atoms with Gasteiger partial charge in [-0.05, 0) is 226 Å². The van der Waals surface area contributed by atoms with Crippen molar-refractivity contribution in [1.82, 2.24) is 9.13 Å². The Hall–Kier alpha value is -9.12. The average Bonchev–Trinajstić information content (AvgIpc) is 0.889. The van der Waals surface area contributed by atoms with Gasteiger partial charge in [-0.3, -0.25) is 0 Å². The molecule has 14 aromatic rings. The molecule has 0 spiro atoms. The van der Waals surface area contributed by atoms with E-state index in [2.05, 4.69) is 294 Å². The minimum absolute atomic E-state index is 0.0327. The van der Waals surface area contributed by atoms with Crippen LogP contribution in [0.2, 0.25) is 0 Å². The first kappa shape index (κ1) is 58.0. The maximum absolute atomic E-state index is 2.74. The zero-order valence-electron chi connectivity index (χ0n) is 55.6. The lowest BCUT2D eigenvalue weighted by Gasteiger charge is -2.34.